The Morgan fingerprint density at radius 1 is 0.489 bits per heavy atom. The van der Waals surface area contributed by atoms with Crippen LogP contribution in [-0.4, -0.2) is 39.2 Å². The average molecular weight is 667 g/mol. The number of unbranched alkanes of at least 4 members (excludes halogenated alkanes) is 12. The SMILES string of the molecule is CCCCCCCCCC(CCOCCC(CCCCCCCCC)(c1ccccc1)S(=O)(=O)O)(c1ccccc1)S(=O)(=O)O. The number of rotatable bonds is 26. The molecule has 0 spiro atoms. The predicted molar refractivity (Wildman–Crippen MR) is 185 cm³/mol. The summed E-state index contributed by atoms with van der Waals surface area (Å²) in [6, 6.07) is 17.6. The standard InChI is InChI=1S/C36H58O7S2/c1-3-5-7-9-11-13-21-27-35(44(37,38)39,33-23-17-15-18-24-33)29-31-43-32-30-36(45(40,41)42,34-25-19-16-20-26-34)28-22-14-12-10-8-6-4-2/h15-20,23-26H,3-14,21-22,27-32H2,1-2H3,(H,37,38,39)(H,40,41,42). The van der Waals surface area contributed by atoms with Gasteiger partial charge in [0, 0.05) is 13.2 Å². The van der Waals surface area contributed by atoms with Gasteiger partial charge in [0.15, 0.2) is 0 Å². The lowest BCUT2D eigenvalue weighted by molar-refractivity contribution is 0.108. The number of hydrogen-bond acceptors (Lipinski definition) is 5. The molecule has 0 fully saturated rings. The molecule has 0 heterocycles. The summed E-state index contributed by atoms with van der Waals surface area (Å²) in [5.74, 6) is 0. The molecule has 2 aromatic rings. The second-order valence-electron chi connectivity index (χ2n) is 12.5. The van der Waals surface area contributed by atoms with Gasteiger partial charge in [0.05, 0.1) is 0 Å². The Hall–Kier alpha value is -1.78. The molecule has 2 aromatic carbocycles. The molecule has 0 bridgehead atoms. The highest BCUT2D eigenvalue weighted by atomic mass is 32.2. The second-order valence-corrected chi connectivity index (χ2v) is 16.0. The summed E-state index contributed by atoms with van der Waals surface area (Å²) < 4.78 is 76.2. The fourth-order valence-electron chi connectivity index (χ4n) is 6.44. The van der Waals surface area contributed by atoms with Gasteiger partial charge in [0.1, 0.15) is 9.49 Å². The van der Waals surface area contributed by atoms with Crippen LogP contribution in [0.5, 0.6) is 0 Å². The molecule has 9 heteroatoms. The van der Waals surface area contributed by atoms with Crippen molar-refractivity contribution in [3.63, 3.8) is 0 Å². The largest absolute Gasteiger partial charge is 0.381 e. The number of ether oxygens (including phenoxy) is 1. The highest BCUT2D eigenvalue weighted by Crippen LogP contribution is 2.41. The van der Waals surface area contributed by atoms with E-state index in [-0.39, 0.29) is 38.9 Å². The van der Waals surface area contributed by atoms with E-state index in [1.54, 1.807) is 48.5 Å². The first-order valence-electron chi connectivity index (χ1n) is 17.2. The topological polar surface area (TPSA) is 118 Å². The summed E-state index contributed by atoms with van der Waals surface area (Å²) in [5.41, 5.74) is 1.05. The Kier molecular flexibility index (Phi) is 17.9. The minimum Gasteiger partial charge on any atom is -0.381 e. The first-order valence-corrected chi connectivity index (χ1v) is 20.0. The fourth-order valence-corrected chi connectivity index (χ4v) is 8.79. The molecule has 0 radical (unpaired) electrons. The van der Waals surface area contributed by atoms with E-state index >= 15 is 0 Å². The summed E-state index contributed by atoms with van der Waals surface area (Å²) >= 11 is 0. The van der Waals surface area contributed by atoms with Gasteiger partial charge in [-0.05, 0) is 36.8 Å². The number of benzene rings is 2. The van der Waals surface area contributed by atoms with Crippen LogP contribution in [-0.2, 0) is 34.5 Å². The molecule has 0 aliphatic rings. The Bertz CT molecular complexity index is 1170. The normalized spacial score (nSPS) is 15.0. The molecule has 2 rings (SSSR count). The highest BCUT2D eigenvalue weighted by Gasteiger charge is 2.45. The summed E-state index contributed by atoms with van der Waals surface area (Å²) in [6.45, 7) is 4.37. The van der Waals surface area contributed by atoms with Crippen LogP contribution in [0, 0.1) is 0 Å². The van der Waals surface area contributed by atoms with Crippen LogP contribution in [0.4, 0.5) is 0 Å². The molecule has 7 nitrogen and oxygen atoms in total. The zero-order valence-corrected chi connectivity index (χ0v) is 29.3. The lowest BCUT2D eigenvalue weighted by Crippen LogP contribution is -2.38. The first kappa shape index (κ1) is 39.4. The van der Waals surface area contributed by atoms with E-state index in [9.17, 15) is 25.9 Å². The van der Waals surface area contributed by atoms with Gasteiger partial charge in [-0.15, -0.1) is 0 Å². The van der Waals surface area contributed by atoms with Crippen LogP contribution in [0.1, 0.15) is 141 Å². The van der Waals surface area contributed by atoms with Crippen molar-refractivity contribution in [1.82, 2.24) is 0 Å². The minimum absolute atomic E-state index is 0.0129. The fraction of sp³-hybridized carbons (Fsp3) is 0.667. The Labute approximate surface area is 274 Å². The lowest BCUT2D eigenvalue weighted by Gasteiger charge is -2.33. The van der Waals surface area contributed by atoms with Gasteiger partial charge in [0.25, 0.3) is 20.2 Å². The van der Waals surface area contributed by atoms with E-state index in [1.807, 2.05) is 12.1 Å². The number of hydrogen-bond donors (Lipinski definition) is 2. The third kappa shape index (κ3) is 12.4. The van der Waals surface area contributed by atoms with Gasteiger partial charge in [-0.25, -0.2) is 0 Å². The molecule has 2 N–H and O–H groups in total. The van der Waals surface area contributed by atoms with Crippen LogP contribution in [0.15, 0.2) is 60.7 Å². The maximum Gasteiger partial charge on any atom is 0.274 e. The van der Waals surface area contributed by atoms with Crippen LogP contribution in [0.25, 0.3) is 0 Å². The van der Waals surface area contributed by atoms with E-state index < -0.39 is 29.7 Å². The van der Waals surface area contributed by atoms with Crippen LogP contribution < -0.4 is 0 Å². The molecule has 2 unspecified atom stereocenters. The average Bonchev–Trinajstić information content (AvgIpc) is 3.01. The molecule has 45 heavy (non-hydrogen) atoms. The van der Waals surface area contributed by atoms with Gasteiger partial charge in [0.2, 0.25) is 0 Å². The molecular weight excluding hydrogens is 609 g/mol. The Morgan fingerprint density at radius 2 is 0.800 bits per heavy atom. The maximum atomic E-state index is 13.0. The maximum absolute atomic E-state index is 13.0. The summed E-state index contributed by atoms with van der Waals surface area (Å²) in [5, 5.41) is 0. The second kappa shape index (κ2) is 20.5. The van der Waals surface area contributed by atoms with Crippen molar-refractivity contribution < 1.29 is 30.7 Å². The van der Waals surface area contributed by atoms with E-state index in [0.29, 0.717) is 24.0 Å². The van der Waals surface area contributed by atoms with Crippen molar-refractivity contribution in [3.05, 3.63) is 71.8 Å². The predicted octanol–water partition coefficient (Wildman–Crippen LogP) is 9.63. The smallest absolute Gasteiger partial charge is 0.274 e. The lowest BCUT2D eigenvalue weighted by atomic mass is 9.88. The summed E-state index contributed by atoms with van der Waals surface area (Å²) in [6.07, 6.45) is 15.0. The first-order chi connectivity index (χ1) is 21.5. The zero-order valence-electron chi connectivity index (χ0n) is 27.7. The quantitative estimate of drug-likeness (QED) is 0.0758. The molecule has 0 amide bonds. The van der Waals surface area contributed by atoms with Crippen LogP contribution in [0.2, 0.25) is 0 Å². The van der Waals surface area contributed by atoms with Gasteiger partial charge >= 0.3 is 0 Å². The van der Waals surface area contributed by atoms with Gasteiger partial charge in [-0.2, -0.15) is 16.8 Å². The Morgan fingerprint density at radius 3 is 1.11 bits per heavy atom. The molecule has 0 aliphatic carbocycles. The third-order valence-corrected chi connectivity index (χ3v) is 12.5. The van der Waals surface area contributed by atoms with E-state index in [2.05, 4.69) is 13.8 Å². The molecular formula is C36H58O7S2. The summed E-state index contributed by atoms with van der Waals surface area (Å²) in [4.78, 5) is 0. The van der Waals surface area contributed by atoms with Gasteiger partial charge in [-0.1, -0.05) is 164 Å². The van der Waals surface area contributed by atoms with E-state index in [4.69, 9.17) is 4.74 Å². The van der Waals surface area contributed by atoms with Crippen molar-refractivity contribution in [2.75, 3.05) is 13.2 Å². The highest BCUT2D eigenvalue weighted by molar-refractivity contribution is 7.87. The van der Waals surface area contributed by atoms with E-state index in [0.717, 1.165) is 51.4 Å². The zero-order chi connectivity index (χ0) is 33.1. The monoisotopic (exact) mass is 666 g/mol. The molecule has 0 saturated heterocycles. The summed E-state index contributed by atoms with van der Waals surface area (Å²) in [7, 11) is -9.00. The third-order valence-electron chi connectivity index (χ3n) is 9.26. The molecule has 0 aromatic heterocycles. The Balaban J connectivity index is 2.15. The van der Waals surface area contributed by atoms with Crippen molar-refractivity contribution in [2.24, 2.45) is 0 Å². The van der Waals surface area contributed by atoms with Crippen molar-refractivity contribution in [1.29, 1.82) is 0 Å². The molecule has 0 aliphatic heterocycles. The van der Waals surface area contributed by atoms with Gasteiger partial charge < -0.3 is 4.74 Å². The van der Waals surface area contributed by atoms with Gasteiger partial charge in [-0.3, -0.25) is 9.11 Å². The molecule has 2 atom stereocenters. The van der Waals surface area contributed by atoms with E-state index in [1.165, 1.54) is 25.7 Å². The molecule has 0 saturated carbocycles. The van der Waals surface area contributed by atoms with Crippen molar-refractivity contribution >= 4 is 20.2 Å². The van der Waals surface area contributed by atoms with Crippen LogP contribution >= 0.6 is 0 Å². The van der Waals surface area contributed by atoms with Crippen molar-refractivity contribution in [3.8, 4) is 0 Å². The van der Waals surface area contributed by atoms with Crippen molar-refractivity contribution in [2.45, 2.75) is 139 Å². The molecule has 256 valence electrons. The minimum atomic E-state index is -4.50. The van der Waals surface area contributed by atoms with Crippen LogP contribution in [0.3, 0.4) is 0 Å².